The molecule has 27 heavy (non-hydrogen) atoms. The second kappa shape index (κ2) is 8.24. The second-order valence-electron chi connectivity index (χ2n) is 7.40. The van der Waals surface area contributed by atoms with E-state index >= 15 is 0 Å². The third-order valence-corrected chi connectivity index (χ3v) is 5.43. The SMILES string of the molecule is Cc1cccc(-c2nc(N(C)C3CCN(C)CC3)c3ccccc3n2)c1.[Cl-]. The molecule has 1 saturated heterocycles. The van der Waals surface area contributed by atoms with Crippen LogP contribution in [0, 0.1) is 6.92 Å². The van der Waals surface area contributed by atoms with Crippen LogP contribution in [0.25, 0.3) is 22.3 Å². The Labute approximate surface area is 167 Å². The number of fused-ring (bicyclic) bond motifs is 1. The predicted molar refractivity (Wildman–Crippen MR) is 109 cm³/mol. The maximum Gasteiger partial charge on any atom is 0.162 e. The van der Waals surface area contributed by atoms with Gasteiger partial charge in [0.25, 0.3) is 0 Å². The first-order valence-electron chi connectivity index (χ1n) is 9.37. The van der Waals surface area contributed by atoms with E-state index in [4.69, 9.17) is 9.97 Å². The van der Waals surface area contributed by atoms with E-state index in [0.717, 1.165) is 41.2 Å². The first kappa shape index (κ1) is 19.6. The van der Waals surface area contributed by atoms with Gasteiger partial charge in [0.15, 0.2) is 5.82 Å². The molecule has 1 fully saturated rings. The van der Waals surface area contributed by atoms with Crippen LogP contribution in [0.15, 0.2) is 48.5 Å². The fourth-order valence-corrected chi connectivity index (χ4v) is 3.80. The van der Waals surface area contributed by atoms with E-state index in [9.17, 15) is 0 Å². The molecule has 4 rings (SSSR count). The normalized spacial score (nSPS) is 15.5. The Morgan fingerprint density at radius 1 is 1.00 bits per heavy atom. The van der Waals surface area contributed by atoms with Gasteiger partial charge < -0.3 is 22.2 Å². The molecule has 0 aliphatic carbocycles. The highest BCUT2D eigenvalue weighted by Gasteiger charge is 2.23. The lowest BCUT2D eigenvalue weighted by Gasteiger charge is -2.36. The molecule has 0 spiro atoms. The molecular weight excluding hydrogens is 356 g/mol. The third kappa shape index (κ3) is 4.07. The Bertz CT molecular complexity index is 919. The molecule has 1 aliphatic rings. The van der Waals surface area contributed by atoms with Crippen molar-refractivity contribution in [3.63, 3.8) is 0 Å². The van der Waals surface area contributed by atoms with Gasteiger partial charge in [-0.3, -0.25) is 0 Å². The van der Waals surface area contributed by atoms with Crippen molar-refractivity contribution < 1.29 is 12.4 Å². The summed E-state index contributed by atoms with van der Waals surface area (Å²) in [6.07, 6.45) is 2.34. The maximum atomic E-state index is 5.01. The molecule has 0 N–H and O–H groups in total. The van der Waals surface area contributed by atoms with Crippen molar-refractivity contribution in [3.05, 3.63) is 54.1 Å². The maximum absolute atomic E-state index is 5.01. The summed E-state index contributed by atoms with van der Waals surface area (Å²) in [4.78, 5) is 14.6. The molecular formula is C22H26ClN4-. The topological polar surface area (TPSA) is 32.3 Å². The number of aromatic nitrogens is 2. The van der Waals surface area contributed by atoms with Gasteiger partial charge in [0, 0.05) is 24.0 Å². The zero-order valence-electron chi connectivity index (χ0n) is 16.2. The van der Waals surface area contributed by atoms with E-state index in [-0.39, 0.29) is 12.4 Å². The summed E-state index contributed by atoms with van der Waals surface area (Å²) in [6, 6.07) is 17.3. The average Bonchev–Trinajstić information content (AvgIpc) is 2.67. The zero-order valence-corrected chi connectivity index (χ0v) is 16.9. The number of hydrogen-bond acceptors (Lipinski definition) is 4. The second-order valence-corrected chi connectivity index (χ2v) is 7.40. The van der Waals surface area contributed by atoms with Gasteiger partial charge in [-0.1, -0.05) is 35.9 Å². The lowest BCUT2D eigenvalue weighted by Crippen LogP contribution is -3.00. The highest BCUT2D eigenvalue weighted by molar-refractivity contribution is 5.91. The largest absolute Gasteiger partial charge is 1.00 e. The van der Waals surface area contributed by atoms with Crippen molar-refractivity contribution in [2.45, 2.75) is 25.8 Å². The molecule has 1 aliphatic heterocycles. The van der Waals surface area contributed by atoms with Crippen LogP contribution in [0.1, 0.15) is 18.4 Å². The van der Waals surface area contributed by atoms with E-state index in [1.807, 2.05) is 0 Å². The molecule has 0 atom stereocenters. The zero-order chi connectivity index (χ0) is 18.1. The highest BCUT2D eigenvalue weighted by Crippen LogP contribution is 2.30. The van der Waals surface area contributed by atoms with E-state index in [1.54, 1.807) is 0 Å². The van der Waals surface area contributed by atoms with Crippen LogP contribution in [0.5, 0.6) is 0 Å². The molecule has 2 aromatic carbocycles. The number of rotatable bonds is 3. The number of aryl methyl sites for hydroxylation is 1. The fraction of sp³-hybridized carbons (Fsp3) is 0.364. The minimum Gasteiger partial charge on any atom is -1.00 e. The summed E-state index contributed by atoms with van der Waals surface area (Å²) in [5.41, 5.74) is 3.31. The van der Waals surface area contributed by atoms with Gasteiger partial charge in [-0.2, -0.15) is 0 Å². The first-order chi connectivity index (χ1) is 12.6. The lowest BCUT2D eigenvalue weighted by molar-refractivity contribution is -0.00000548. The molecule has 3 aromatic rings. The number of piperidine rings is 1. The summed E-state index contributed by atoms with van der Waals surface area (Å²) >= 11 is 0. The Balaban J connectivity index is 0.00000210. The minimum atomic E-state index is 0. The summed E-state index contributed by atoms with van der Waals surface area (Å²) in [5.74, 6) is 1.85. The smallest absolute Gasteiger partial charge is 0.162 e. The summed E-state index contributed by atoms with van der Waals surface area (Å²) in [5, 5.41) is 1.13. The molecule has 0 radical (unpaired) electrons. The predicted octanol–water partition coefficient (Wildman–Crippen LogP) is 1.14. The Hall–Kier alpha value is -2.17. The molecule has 0 bridgehead atoms. The molecule has 0 saturated carbocycles. The number of likely N-dealkylation sites (tertiary alicyclic amines) is 1. The van der Waals surface area contributed by atoms with Crippen molar-refractivity contribution in [1.29, 1.82) is 0 Å². The summed E-state index contributed by atoms with van der Waals surface area (Å²) in [7, 11) is 4.39. The van der Waals surface area contributed by atoms with Crippen LogP contribution >= 0.6 is 0 Å². The molecule has 0 unspecified atom stereocenters. The van der Waals surface area contributed by atoms with E-state index < -0.39 is 0 Å². The molecule has 142 valence electrons. The highest BCUT2D eigenvalue weighted by atomic mass is 35.5. The number of benzene rings is 2. The van der Waals surface area contributed by atoms with Crippen LogP contribution in [0.4, 0.5) is 5.82 Å². The minimum absolute atomic E-state index is 0. The third-order valence-electron chi connectivity index (χ3n) is 5.43. The monoisotopic (exact) mass is 381 g/mol. The molecule has 0 amide bonds. The molecule has 4 nitrogen and oxygen atoms in total. The van der Waals surface area contributed by atoms with Crippen LogP contribution < -0.4 is 17.3 Å². The number of hydrogen-bond donors (Lipinski definition) is 0. The molecule has 2 heterocycles. The van der Waals surface area contributed by atoms with Gasteiger partial charge in [-0.05, 0) is 58.1 Å². The van der Waals surface area contributed by atoms with Gasteiger partial charge in [-0.15, -0.1) is 0 Å². The van der Waals surface area contributed by atoms with E-state index in [0.29, 0.717) is 6.04 Å². The van der Waals surface area contributed by atoms with Crippen molar-refractivity contribution in [3.8, 4) is 11.4 Å². The Morgan fingerprint density at radius 2 is 1.74 bits per heavy atom. The van der Waals surface area contributed by atoms with E-state index in [1.165, 1.54) is 18.4 Å². The van der Waals surface area contributed by atoms with Crippen molar-refractivity contribution in [1.82, 2.24) is 14.9 Å². The summed E-state index contributed by atoms with van der Waals surface area (Å²) < 4.78 is 0. The van der Waals surface area contributed by atoms with Gasteiger partial charge in [0.1, 0.15) is 5.82 Å². The Morgan fingerprint density at radius 3 is 2.48 bits per heavy atom. The average molecular weight is 382 g/mol. The van der Waals surface area contributed by atoms with Gasteiger partial charge in [-0.25, -0.2) is 9.97 Å². The number of nitrogens with zero attached hydrogens (tertiary/aromatic N) is 4. The van der Waals surface area contributed by atoms with Crippen molar-refractivity contribution in [2.24, 2.45) is 0 Å². The number of halogens is 1. The van der Waals surface area contributed by atoms with Crippen LogP contribution in [0.2, 0.25) is 0 Å². The first-order valence-corrected chi connectivity index (χ1v) is 9.37. The van der Waals surface area contributed by atoms with E-state index in [2.05, 4.69) is 79.3 Å². The molecule has 1 aromatic heterocycles. The Kier molecular flexibility index (Phi) is 5.98. The van der Waals surface area contributed by atoms with Crippen LogP contribution in [-0.2, 0) is 0 Å². The van der Waals surface area contributed by atoms with Crippen LogP contribution in [0.3, 0.4) is 0 Å². The summed E-state index contributed by atoms with van der Waals surface area (Å²) in [6.45, 7) is 4.39. The molecule has 5 heteroatoms. The fourth-order valence-electron chi connectivity index (χ4n) is 3.80. The lowest BCUT2D eigenvalue weighted by atomic mass is 10.0. The van der Waals surface area contributed by atoms with Gasteiger partial charge >= 0.3 is 0 Å². The van der Waals surface area contributed by atoms with Crippen LogP contribution in [-0.4, -0.2) is 48.1 Å². The van der Waals surface area contributed by atoms with Crippen molar-refractivity contribution >= 4 is 16.7 Å². The van der Waals surface area contributed by atoms with Gasteiger partial charge in [0.2, 0.25) is 0 Å². The van der Waals surface area contributed by atoms with Gasteiger partial charge in [0.05, 0.1) is 5.52 Å². The quantitative estimate of drug-likeness (QED) is 0.681. The standard InChI is InChI=1S/C22H26N4.ClH/c1-16-7-6-8-17(15-16)21-23-20-10-5-4-9-19(20)22(24-21)26(3)18-11-13-25(2)14-12-18;/h4-10,15,18H,11-14H2,1-3H3;1H/p-1. The number of para-hydroxylation sites is 1. The number of anilines is 1. The van der Waals surface area contributed by atoms with Crippen molar-refractivity contribution in [2.75, 3.05) is 32.1 Å².